The molecule has 4 rings (SSSR count). The standard InChI is InChI=1S/C27H40N4O11S/c32-10-16-21(36)23(38)25(41-11-14-4-2-1-3-5-14)15(29-16)8-28-9-17(33)18(34)12-43-13-19-22(37)24(39)26(42-19)31-7-6-20(35)30-27(31)40/h1-7,15-19,21-26,28-29,32-34,36-39H,8-13H2,(H,30,35,40)/t15-,16-,17+,18+,19-,21+,22-,23+,24-,25+,26-/m1/s1. The van der Waals surface area contributed by atoms with Crippen molar-refractivity contribution in [2.45, 2.75) is 73.8 Å². The molecule has 240 valence electrons. The number of nitrogens with one attached hydrogen (secondary N) is 3. The summed E-state index contributed by atoms with van der Waals surface area (Å²) in [6.07, 6.45) is -9.36. The van der Waals surface area contributed by atoms with Crippen molar-refractivity contribution >= 4 is 11.8 Å². The van der Waals surface area contributed by atoms with Gasteiger partial charge in [0.1, 0.15) is 24.4 Å². The topological polar surface area (TPSA) is 239 Å². The van der Waals surface area contributed by atoms with Crippen LogP contribution in [-0.4, -0.2) is 137 Å². The Kier molecular flexibility index (Phi) is 12.3. The third-order valence-corrected chi connectivity index (χ3v) is 8.74. The molecule has 11 atom stereocenters. The molecular weight excluding hydrogens is 588 g/mol. The van der Waals surface area contributed by atoms with Crippen LogP contribution in [0.2, 0.25) is 0 Å². The van der Waals surface area contributed by atoms with Crippen LogP contribution in [0.5, 0.6) is 0 Å². The fourth-order valence-electron chi connectivity index (χ4n) is 5.12. The van der Waals surface area contributed by atoms with Crippen LogP contribution in [0, 0.1) is 0 Å². The minimum atomic E-state index is -1.42. The average Bonchev–Trinajstić information content (AvgIpc) is 3.27. The van der Waals surface area contributed by atoms with Gasteiger partial charge in [0.15, 0.2) is 6.23 Å². The summed E-state index contributed by atoms with van der Waals surface area (Å²) >= 11 is 1.17. The molecule has 2 saturated heterocycles. The lowest BCUT2D eigenvalue weighted by Crippen LogP contribution is -2.68. The van der Waals surface area contributed by atoms with Gasteiger partial charge >= 0.3 is 5.69 Å². The predicted molar refractivity (Wildman–Crippen MR) is 154 cm³/mol. The Morgan fingerprint density at radius 3 is 2.42 bits per heavy atom. The first-order valence-corrected chi connectivity index (χ1v) is 15.1. The van der Waals surface area contributed by atoms with Gasteiger partial charge in [0.25, 0.3) is 5.56 Å². The maximum Gasteiger partial charge on any atom is 0.330 e. The smallest absolute Gasteiger partial charge is 0.330 e. The SMILES string of the molecule is O=c1ccn([C@@H]2O[C@H](CSC[C@H](O)[C@@H](O)CNC[C@H]3N[C@H](CO)[C@H](O)[C@H](O)[C@H]3OCc3ccccc3)[C@@H](O)[C@H]2O)c(=O)[nH]1. The van der Waals surface area contributed by atoms with Crippen LogP contribution in [0.25, 0.3) is 0 Å². The van der Waals surface area contributed by atoms with E-state index in [1.807, 2.05) is 30.3 Å². The minimum Gasteiger partial charge on any atom is -0.395 e. The molecule has 1 aromatic heterocycles. The Morgan fingerprint density at radius 2 is 1.72 bits per heavy atom. The van der Waals surface area contributed by atoms with E-state index in [1.165, 1.54) is 11.8 Å². The monoisotopic (exact) mass is 628 g/mol. The highest BCUT2D eigenvalue weighted by Crippen LogP contribution is 2.30. The number of thioether (sulfide) groups is 1. The number of nitrogens with zero attached hydrogens (tertiary/aromatic N) is 1. The molecule has 0 radical (unpaired) electrons. The molecule has 16 heteroatoms. The van der Waals surface area contributed by atoms with Crippen molar-refractivity contribution in [1.29, 1.82) is 0 Å². The molecule has 0 spiro atoms. The van der Waals surface area contributed by atoms with Crippen LogP contribution in [-0.2, 0) is 16.1 Å². The van der Waals surface area contributed by atoms with Crippen LogP contribution >= 0.6 is 11.8 Å². The maximum absolute atomic E-state index is 12.0. The van der Waals surface area contributed by atoms with E-state index in [1.54, 1.807) is 0 Å². The summed E-state index contributed by atoms with van der Waals surface area (Å²) in [6.45, 7) is -0.0551. The second-order valence-corrected chi connectivity index (χ2v) is 11.8. The van der Waals surface area contributed by atoms with Gasteiger partial charge in [-0.1, -0.05) is 30.3 Å². The molecule has 0 amide bonds. The number of hydrogen-bond acceptors (Lipinski definition) is 14. The molecular formula is C27H40N4O11S. The second-order valence-electron chi connectivity index (χ2n) is 10.7. The van der Waals surface area contributed by atoms with Crippen molar-refractivity contribution in [1.82, 2.24) is 20.2 Å². The summed E-state index contributed by atoms with van der Waals surface area (Å²) in [7, 11) is 0. The van der Waals surface area contributed by atoms with E-state index < -0.39 is 85.0 Å². The van der Waals surface area contributed by atoms with E-state index in [-0.39, 0.29) is 31.2 Å². The van der Waals surface area contributed by atoms with Crippen LogP contribution in [0.3, 0.4) is 0 Å². The number of aliphatic hydroxyl groups excluding tert-OH is 7. The summed E-state index contributed by atoms with van der Waals surface area (Å²) in [4.78, 5) is 25.4. The number of aromatic amines is 1. The van der Waals surface area contributed by atoms with Crippen LogP contribution < -0.4 is 21.9 Å². The van der Waals surface area contributed by atoms with Gasteiger partial charge in [-0.3, -0.25) is 14.3 Å². The van der Waals surface area contributed by atoms with E-state index in [0.717, 1.165) is 22.4 Å². The summed E-state index contributed by atoms with van der Waals surface area (Å²) in [6, 6.07) is 9.10. The number of H-pyrrole nitrogens is 1. The number of piperidine rings is 1. The third kappa shape index (κ3) is 8.50. The Morgan fingerprint density at radius 1 is 0.977 bits per heavy atom. The molecule has 2 aliphatic rings. The lowest BCUT2D eigenvalue weighted by Gasteiger charge is -2.43. The number of aromatic nitrogens is 2. The maximum atomic E-state index is 12.0. The van der Waals surface area contributed by atoms with Crippen molar-refractivity contribution in [3.8, 4) is 0 Å². The van der Waals surface area contributed by atoms with Gasteiger partial charge in [-0.05, 0) is 5.56 Å². The molecule has 2 fully saturated rings. The van der Waals surface area contributed by atoms with Crippen molar-refractivity contribution in [3.63, 3.8) is 0 Å². The first kappa shape index (κ1) is 33.7. The fourth-order valence-corrected chi connectivity index (χ4v) is 6.23. The Balaban J connectivity index is 1.23. The van der Waals surface area contributed by atoms with E-state index in [4.69, 9.17) is 9.47 Å². The first-order valence-electron chi connectivity index (χ1n) is 14.0. The average molecular weight is 629 g/mol. The van der Waals surface area contributed by atoms with E-state index in [2.05, 4.69) is 15.6 Å². The number of hydrogen-bond donors (Lipinski definition) is 10. The summed E-state index contributed by atoms with van der Waals surface area (Å²) in [5, 5.41) is 78.5. The normalized spacial score (nSPS) is 32.5. The molecule has 2 aliphatic heterocycles. The lowest BCUT2D eigenvalue weighted by molar-refractivity contribution is -0.146. The zero-order chi connectivity index (χ0) is 31.1. The van der Waals surface area contributed by atoms with Gasteiger partial charge in [0.2, 0.25) is 0 Å². The fraction of sp³-hybridized carbons (Fsp3) is 0.630. The predicted octanol–water partition coefficient (Wildman–Crippen LogP) is -4.16. The van der Waals surface area contributed by atoms with Crippen molar-refractivity contribution < 1.29 is 45.2 Å². The number of benzene rings is 1. The molecule has 3 heterocycles. The molecule has 43 heavy (non-hydrogen) atoms. The number of ether oxygens (including phenoxy) is 2. The second kappa shape index (κ2) is 15.7. The molecule has 10 N–H and O–H groups in total. The van der Waals surface area contributed by atoms with Crippen molar-refractivity contribution in [2.24, 2.45) is 0 Å². The summed E-state index contributed by atoms with van der Waals surface area (Å²) < 4.78 is 12.6. The molecule has 0 saturated carbocycles. The quantitative estimate of drug-likeness (QED) is 0.0956. The van der Waals surface area contributed by atoms with E-state index in [9.17, 15) is 45.3 Å². The highest BCUT2D eigenvalue weighted by atomic mass is 32.2. The number of rotatable bonds is 14. The van der Waals surface area contributed by atoms with E-state index in [0.29, 0.717) is 0 Å². The highest BCUT2D eigenvalue weighted by molar-refractivity contribution is 7.99. The first-order chi connectivity index (χ1) is 20.6. The van der Waals surface area contributed by atoms with Crippen LogP contribution in [0.15, 0.2) is 52.2 Å². The molecule has 1 aromatic carbocycles. The molecule has 0 unspecified atom stereocenters. The van der Waals surface area contributed by atoms with Gasteiger partial charge in [0.05, 0.1) is 43.7 Å². The van der Waals surface area contributed by atoms with Crippen LogP contribution in [0.1, 0.15) is 11.8 Å². The van der Waals surface area contributed by atoms with Gasteiger partial charge in [0, 0.05) is 42.9 Å². The molecule has 0 bridgehead atoms. The Labute approximate surface area is 251 Å². The largest absolute Gasteiger partial charge is 0.395 e. The molecule has 2 aromatic rings. The lowest BCUT2D eigenvalue weighted by atomic mass is 9.90. The van der Waals surface area contributed by atoms with E-state index >= 15 is 0 Å². The summed E-state index contributed by atoms with van der Waals surface area (Å²) in [5.74, 6) is 0.204. The van der Waals surface area contributed by atoms with Gasteiger partial charge in [-0.2, -0.15) is 11.8 Å². The van der Waals surface area contributed by atoms with Gasteiger partial charge < -0.3 is 55.9 Å². The Hall–Kier alpha value is -2.19. The van der Waals surface area contributed by atoms with Crippen molar-refractivity contribution in [2.75, 3.05) is 31.2 Å². The third-order valence-electron chi connectivity index (χ3n) is 7.60. The zero-order valence-corrected chi connectivity index (χ0v) is 24.1. The van der Waals surface area contributed by atoms with Gasteiger partial charge in [-0.25, -0.2) is 4.79 Å². The number of aliphatic hydroxyl groups is 7. The zero-order valence-electron chi connectivity index (χ0n) is 23.3. The highest BCUT2D eigenvalue weighted by Gasteiger charge is 2.45. The van der Waals surface area contributed by atoms with Crippen molar-refractivity contribution in [3.05, 3.63) is 69.0 Å². The summed E-state index contributed by atoms with van der Waals surface area (Å²) in [5.41, 5.74) is -0.527. The minimum absolute atomic E-state index is 0.0216. The van der Waals surface area contributed by atoms with Crippen LogP contribution in [0.4, 0.5) is 0 Å². The molecule has 0 aliphatic carbocycles. The Bertz CT molecular complexity index is 1250. The molecule has 15 nitrogen and oxygen atoms in total. The van der Waals surface area contributed by atoms with Gasteiger partial charge in [-0.15, -0.1) is 0 Å².